The van der Waals surface area contributed by atoms with Crippen molar-refractivity contribution in [1.29, 1.82) is 0 Å². The molecule has 0 fully saturated rings. The van der Waals surface area contributed by atoms with E-state index < -0.39 is 69.7 Å². The molecule has 0 saturated carbocycles. The number of ether oxygens (including phenoxy) is 2. The Morgan fingerprint density at radius 1 is 0.297 bits per heavy atom. The Morgan fingerprint density at radius 2 is 0.554 bits per heavy atom. The van der Waals surface area contributed by atoms with E-state index in [4.69, 9.17) is 9.47 Å². The molecule has 0 bridgehead atoms. The van der Waals surface area contributed by atoms with Gasteiger partial charge in [-0.2, -0.15) is 17.6 Å². The summed E-state index contributed by atoms with van der Waals surface area (Å²) in [7, 11) is 0. The second kappa shape index (κ2) is 18.3. The minimum Gasteiger partial charge on any atom is -0.451 e. The quantitative estimate of drug-likeness (QED) is 0.0590. The van der Waals surface area contributed by atoms with Crippen molar-refractivity contribution in [2.75, 3.05) is 9.80 Å². The smallest absolute Gasteiger partial charge is 0.207 e. The summed E-state index contributed by atoms with van der Waals surface area (Å²) < 4.78 is 154. The zero-order valence-corrected chi connectivity index (χ0v) is 40.3. The normalized spacial score (nSPS) is 12.1. The number of anilines is 6. The van der Waals surface area contributed by atoms with Crippen LogP contribution in [-0.4, -0.2) is 0 Å². The topological polar surface area (TPSA) is 24.9 Å². The Hall–Kier alpha value is -8.26. The first kappa shape index (κ1) is 49.3. The summed E-state index contributed by atoms with van der Waals surface area (Å²) in [5.41, 5.74) is 5.83. The van der Waals surface area contributed by atoms with E-state index in [1.807, 2.05) is 107 Å². The van der Waals surface area contributed by atoms with Gasteiger partial charge < -0.3 is 19.3 Å². The molecule has 14 heteroatoms. The fourth-order valence-electron chi connectivity index (χ4n) is 9.15. The van der Waals surface area contributed by atoms with Crippen LogP contribution in [0.1, 0.15) is 52.7 Å². The largest absolute Gasteiger partial charge is 0.451 e. The second-order valence-corrected chi connectivity index (χ2v) is 19.8. The molecule has 10 aromatic carbocycles. The van der Waals surface area contributed by atoms with Crippen LogP contribution in [0.15, 0.2) is 146 Å². The lowest BCUT2D eigenvalue weighted by atomic mass is 9.87. The lowest BCUT2D eigenvalue weighted by Crippen LogP contribution is -2.14. The van der Waals surface area contributed by atoms with Gasteiger partial charge in [-0.3, -0.25) is 0 Å². The predicted octanol–water partition coefficient (Wildman–Crippen LogP) is 19.1. The third-order valence-corrected chi connectivity index (χ3v) is 13.1. The minimum absolute atomic E-state index is 0.181. The monoisotopic (exact) mass is 1010 g/mol. The van der Waals surface area contributed by atoms with Crippen molar-refractivity contribution in [1.82, 2.24) is 0 Å². The fourth-order valence-corrected chi connectivity index (χ4v) is 9.15. The third-order valence-electron chi connectivity index (χ3n) is 13.1. The van der Waals surface area contributed by atoms with E-state index in [-0.39, 0.29) is 22.3 Å². The second-order valence-electron chi connectivity index (χ2n) is 19.8. The summed E-state index contributed by atoms with van der Waals surface area (Å²) in [5.74, 6) is -24.8. The van der Waals surface area contributed by atoms with Gasteiger partial charge in [0.15, 0.2) is 0 Å². The van der Waals surface area contributed by atoms with Crippen LogP contribution in [0, 0.1) is 58.2 Å². The van der Waals surface area contributed by atoms with E-state index >= 15 is 0 Å². The maximum Gasteiger partial charge on any atom is 0.207 e. The first-order valence-corrected chi connectivity index (χ1v) is 23.2. The van der Waals surface area contributed by atoms with Gasteiger partial charge in [0.1, 0.15) is 11.5 Å². The van der Waals surface area contributed by atoms with E-state index in [1.165, 1.54) is 24.3 Å². The summed E-state index contributed by atoms with van der Waals surface area (Å²) in [6.45, 7) is 12.6. The Balaban J connectivity index is 1.12. The third kappa shape index (κ3) is 8.51. The molecular weight excluding hydrogens is 971 g/mol. The van der Waals surface area contributed by atoms with E-state index in [0.29, 0.717) is 11.4 Å². The Morgan fingerprint density at radius 3 is 0.838 bits per heavy atom. The van der Waals surface area contributed by atoms with Gasteiger partial charge in [0.05, 0.1) is 11.4 Å². The highest BCUT2D eigenvalue weighted by molar-refractivity contribution is 6.28. The minimum atomic E-state index is -2.30. The van der Waals surface area contributed by atoms with Gasteiger partial charge in [0.25, 0.3) is 0 Å². The summed E-state index contributed by atoms with van der Waals surface area (Å²) in [6.07, 6.45) is 0. The van der Waals surface area contributed by atoms with E-state index in [2.05, 4.69) is 41.5 Å². The van der Waals surface area contributed by atoms with Crippen molar-refractivity contribution in [3.05, 3.63) is 215 Å². The van der Waals surface area contributed by atoms with Crippen LogP contribution in [0.4, 0.5) is 78.0 Å². The van der Waals surface area contributed by atoms with Crippen LogP contribution in [-0.2, 0) is 10.8 Å². The van der Waals surface area contributed by atoms with Crippen molar-refractivity contribution in [3.63, 3.8) is 0 Å². The van der Waals surface area contributed by atoms with Crippen LogP contribution in [0.3, 0.4) is 0 Å². The highest BCUT2D eigenvalue weighted by Gasteiger charge is 2.30. The SMILES string of the molecule is CC(C)(C)c1ccc(N(c2ccc(Oc3c(F)c(F)c(F)c(F)c3F)cc2)c2ccc3ccc4c(N(c5ccc(Oc6c(F)c(F)c(F)c(F)c6F)cc5)c5ccc(C(C)(C)C)cc5)ccc5ccc2c3c54)cc1. The van der Waals surface area contributed by atoms with E-state index in [1.54, 1.807) is 24.3 Å². The first-order valence-electron chi connectivity index (χ1n) is 23.2. The van der Waals surface area contributed by atoms with Crippen molar-refractivity contribution in [2.24, 2.45) is 0 Å². The Labute approximate surface area is 418 Å². The molecule has 0 radical (unpaired) electrons. The molecule has 0 N–H and O–H groups in total. The molecule has 10 rings (SSSR count). The van der Waals surface area contributed by atoms with Gasteiger partial charge in [-0.1, -0.05) is 102 Å². The molecule has 10 aromatic rings. The van der Waals surface area contributed by atoms with Crippen LogP contribution in [0.25, 0.3) is 32.3 Å². The summed E-state index contributed by atoms with van der Waals surface area (Å²) in [4.78, 5) is 3.97. The molecule has 0 aliphatic carbocycles. The maximum atomic E-state index is 14.7. The molecule has 0 amide bonds. The summed E-state index contributed by atoms with van der Waals surface area (Å²) in [5, 5.41) is 5.27. The molecule has 0 aliphatic rings. The average molecular weight is 1010 g/mol. The van der Waals surface area contributed by atoms with Crippen LogP contribution in [0.5, 0.6) is 23.0 Å². The van der Waals surface area contributed by atoms with Crippen molar-refractivity contribution in [2.45, 2.75) is 52.4 Å². The molecular formula is C60H42F10N2O2. The van der Waals surface area contributed by atoms with Gasteiger partial charge in [-0.25, -0.2) is 26.3 Å². The maximum absolute atomic E-state index is 14.7. The molecule has 0 aromatic heterocycles. The first-order chi connectivity index (χ1) is 35.1. The molecule has 4 nitrogen and oxygen atoms in total. The number of hydrogen-bond donors (Lipinski definition) is 0. The highest BCUT2D eigenvalue weighted by Crippen LogP contribution is 2.49. The van der Waals surface area contributed by atoms with Gasteiger partial charge in [0, 0.05) is 33.5 Å². The molecule has 374 valence electrons. The van der Waals surface area contributed by atoms with Gasteiger partial charge in [-0.15, -0.1) is 0 Å². The molecule has 0 aliphatic heterocycles. The summed E-state index contributed by atoms with van der Waals surface area (Å²) in [6, 6.07) is 43.8. The lowest BCUT2D eigenvalue weighted by Gasteiger charge is -2.30. The molecule has 0 atom stereocenters. The van der Waals surface area contributed by atoms with E-state index in [0.717, 1.165) is 66.2 Å². The molecule has 0 spiro atoms. The average Bonchev–Trinajstić information content (AvgIpc) is 3.39. The molecule has 0 unspecified atom stereocenters. The van der Waals surface area contributed by atoms with E-state index in [9.17, 15) is 43.9 Å². The number of halogens is 10. The van der Waals surface area contributed by atoms with Crippen molar-refractivity contribution in [3.8, 4) is 23.0 Å². The van der Waals surface area contributed by atoms with Crippen molar-refractivity contribution >= 4 is 66.4 Å². The van der Waals surface area contributed by atoms with Gasteiger partial charge >= 0.3 is 0 Å². The van der Waals surface area contributed by atoms with Crippen LogP contribution >= 0.6 is 0 Å². The number of hydrogen-bond acceptors (Lipinski definition) is 4. The molecule has 0 heterocycles. The Bertz CT molecular complexity index is 3490. The number of rotatable bonds is 10. The number of nitrogens with zero attached hydrogens (tertiary/aromatic N) is 2. The lowest BCUT2D eigenvalue weighted by molar-refractivity contribution is 0.332. The van der Waals surface area contributed by atoms with Gasteiger partial charge in [-0.05, 0) is 128 Å². The standard InChI is InChI=1S/C60H42F10N2O2/c1-59(2,3)33-11-15-35(16-12-33)71(37-19-23-39(24-20-37)73-57-53(67)49(63)47(61)50(64)54(57)68)43-29-9-31-8-28-42-44(30-10-32-7-27-41(43)45(31)46(32)42)72(36-17-13-34(14-18-36)60(4,5)6)38-21-25-40(26-22-38)74-58-55(69)51(65)48(62)52(66)56(58)70/h7-30H,1-6H3. The Kier molecular flexibility index (Phi) is 12.2. The van der Waals surface area contributed by atoms with Crippen LogP contribution < -0.4 is 19.3 Å². The van der Waals surface area contributed by atoms with Crippen molar-refractivity contribution < 1.29 is 53.4 Å². The molecule has 0 saturated heterocycles. The van der Waals surface area contributed by atoms with Crippen LogP contribution in [0.2, 0.25) is 0 Å². The predicted molar refractivity (Wildman–Crippen MR) is 270 cm³/mol. The summed E-state index contributed by atoms with van der Waals surface area (Å²) >= 11 is 0. The zero-order valence-electron chi connectivity index (χ0n) is 40.3. The highest BCUT2D eigenvalue weighted by atomic mass is 19.2. The van der Waals surface area contributed by atoms with Gasteiger partial charge in [0.2, 0.25) is 69.7 Å². The number of benzene rings is 10. The fraction of sp³-hybridized carbons (Fsp3) is 0.133. The zero-order chi connectivity index (χ0) is 52.7. The molecule has 74 heavy (non-hydrogen) atoms.